The molecule has 0 aliphatic rings. The monoisotopic (exact) mass is 391 g/mol. The molecule has 4 nitrogen and oxygen atoms in total. The van der Waals surface area contributed by atoms with E-state index < -0.39 is 11.4 Å². The first-order chi connectivity index (χ1) is 8.69. The highest BCUT2D eigenvalue weighted by molar-refractivity contribution is 9.11. The molecule has 0 radical (unpaired) electrons. The van der Waals surface area contributed by atoms with Crippen molar-refractivity contribution >= 4 is 49.4 Å². The van der Waals surface area contributed by atoms with E-state index in [-0.39, 0.29) is 18.7 Å². The lowest BCUT2D eigenvalue weighted by Crippen LogP contribution is -2.24. The molecule has 0 saturated carbocycles. The first-order valence-corrected chi connectivity index (χ1v) is 7.25. The molecule has 0 aliphatic carbocycles. The predicted molar refractivity (Wildman–Crippen MR) is 81.1 cm³/mol. The van der Waals surface area contributed by atoms with Crippen LogP contribution in [0.15, 0.2) is 27.1 Å². The summed E-state index contributed by atoms with van der Waals surface area (Å²) in [6.07, 6.45) is 0.115. The number of benzene rings is 1. The number of nitrogens with one attached hydrogen (secondary N) is 1. The number of hydrogen-bond donors (Lipinski definition) is 2. The van der Waals surface area contributed by atoms with Gasteiger partial charge in [0.15, 0.2) is 0 Å². The Morgan fingerprint density at radius 2 is 1.89 bits per heavy atom. The Labute approximate surface area is 128 Å². The number of amides is 1. The maximum absolute atomic E-state index is 11.9. The van der Waals surface area contributed by atoms with Gasteiger partial charge in [-0.3, -0.25) is 9.59 Å². The second-order valence-electron chi connectivity index (χ2n) is 5.08. The molecule has 0 atom stereocenters. The van der Waals surface area contributed by atoms with Crippen LogP contribution in [0.4, 0.5) is 5.69 Å². The average molecular weight is 393 g/mol. The first-order valence-electron chi connectivity index (χ1n) is 5.66. The van der Waals surface area contributed by atoms with Gasteiger partial charge < -0.3 is 10.4 Å². The van der Waals surface area contributed by atoms with E-state index in [2.05, 4.69) is 37.2 Å². The van der Waals surface area contributed by atoms with Crippen molar-refractivity contribution in [3.05, 3.63) is 27.1 Å². The highest BCUT2D eigenvalue weighted by Crippen LogP contribution is 2.29. The minimum Gasteiger partial charge on any atom is -0.481 e. The topological polar surface area (TPSA) is 66.4 Å². The third-order valence-electron chi connectivity index (χ3n) is 2.47. The van der Waals surface area contributed by atoms with Gasteiger partial charge in [0.1, 0.15) is 0 Å². The Bertz CT molecular complexity index is 501. The number of halogens is 2. The molecule has 19 heavy (non-hydrogen) atoms. The quantitative estimate of drug-likeness (QED) is 0.794. The summed E-state index contributed by atoms with van der Waals surface area (Å²) in [5.74, 6) is -1.10. The van der Waals surface area contributed by atoms with Gasteiger partial charge in [0.25, 0.3) is 0 Å². The molecule has 0 unspecified atom stereocenters. The second kappa shape index (κ2) is 6.52. The summed E-state index contributed by atoms with van der Waals surface area (Å²) in [6, 6.07) is 5.43. The zero-order valence-electron chi connectivity index (χ0n) is 10.7. The Kier molecular flexibility index (Phi) is 5.55. The molecule has 0 saturated heterocycles. The molecule has 0 heterocycles. The fourth-order valence-electron chi connectivity index (χ4n) is 1.69. The zero-order valence-corrected chi connectivity index (χ0v) is 13.8. The van der Waals surface area contributed by atoms with Crippen molar-refractivity contribution in [2.24, 2.45) is 5.41 Å². The van der Waals surface area contributed by atoms with Crippen LogP contribution in [0.5, 0.6) is 0 Å². The Morgan fingerprint density at radius 3 is 2.42 bits per heavy atom. The number of rotatable bonds is 5. The summed E-state index contributed by atoms with van der Waals surface area (Å²) in [5.41, 5.74) is 0.0944. The highest BCUT2D eigenvalue weighted by atomic mass is 79.9. The van der Waals surface area contributed by atoms with Crippen molar-refractivity contribution in [2.75, 3.05) is 5.32 Å². The summed E-state index contributed by atoms with van der Waals surface area (Å²) >= 11 is 6.69. The van der Waals surface area contributed by atoms with Crippen molar-refractivity contribution in [2.45, 2.75) is 26.7 Å². The smallest absolute Gasteiger partial charge is 0.303 e. The van der Waals surface area contributed by atoms with Gasteiger partial charge in [-0.2, -0.15) is 0 Å². The summed E-state index contributed by atoms with van der Waals surface area (Å²) in [5, 5.41) is 11.5. The van der Waals surface area contributed by atoms with Gasteiger partial charge in [-0.15, -0.1) is 0 Å². The van der Waals surface area contributed by atoms with Gasteiger partial charge in [-0.25, -0.2) is 0 Å². The van der Waals surface area contributed by atoms with Crippen LogP contribution in [0.3, 0.4) is 0 Å². The fourth-order valence-corrected chi connectivity index (χ4v) is 2.84. The van der Waals surface area contributed by atoms with Gasteiger partial charge in [-0.05, 0) is 39.5 Å². The van der Waals surface area contributed by atoms with Crippen molar-refractivity contribution in [1.29, 1.82) is 0 Å². The van der Waals surface area contributed by atoms with E-state index in [9.17, 15) is 9.59 Å². The molecular weight excluding hydrogens is 378 g/mol. The Morgan fingerprint density at radius 1 is 1.26 bits per heavy atom. The lowest BCUT2D eigenvalue weighted by atomic mass is 9.85. The first kappa shape index (κ1) is 16.2. The van der Waals surface area contributed by atoms with E-state index in [0.717, 1.165) is 8.95 Å². The van der Waals surface area contributed by atoms with E-state index >= 15 is 0 Å². The number of carbonyl (C=O) groups excluding carboxylic acids is 1. The molecule has 1 rings (SSSR count). The lowest BCUT2D eigenvalue weighted by molar-refractivity contribution is -0.139. The maximum atomic E-state index is 11.9. The summed E-state index contributed by atoms with van der Waals surface area (Å²) in [7, 11) is 0. The molecule has 6 heteroatoms. The van der Waals surface area contributed by atoms with Gasteiger partial charge >= 0.3 is 5.97 Å². The van der Waals surface area contributed by atoms with Crippen molar-refractivity contribution in [3.8, 4) is 0 Å². The molecule has 0 bridgehead atoms. The fraction of sp³-hybridized carbons (Fsp3) is 0.385. The standard InChI is InChI=1S/C13H15Br2NO3/c1-13(2,7-12(18)19)6-11(17)16-10-4-3-8(14)5-9(10)15/h3-5H,6-7H2,1-2H3,(H,16,17)(H,18,19). The van der Waals surface area contributed by atoms with Crippen LogP contribution in [-0.2, 0) is 9.59 Å². The van der Waals surface area contributed by atoms with E-state index in [1.807, 2.05) is 12.1 Å². The molecule has 0 spiro atoms. The van der Waals surface area contributed by atoms with E-state index in [4.69, 9.17) is 5.11 Å². The summed E-state index contributed by atoms with van der Waals surface area (Å²) < 4.78 is 1.68. The molecule has 0 aliphatic heterocycles. The number of aliphatic carboxylic acids is 1. The summed E-state index contributed by atoms with van der Waals surface area (Å²) in [4.78, 5) is 22.6. The highest BCUT2D eigenvalue weighted by Gasteiger charge is 2.25. The molecule has 1 amide bonds. The van der Waals surface area contributed by atoms with E-state index in [1.165, 1.54) is 0 Å². The Balaban J connectivity index is 2.67. The van der Waals surface area contributed by atoms with Crippen LogP contribution in [0.1, 0.15) is 26.7 Å². The molecule has 104 valence electrons. The third-order valence-corrected chi connectivity index (χ3v) is 3.62. The number of carboxylic acid groups (broad SMARTS) is 1. The van der Waals surface area contributed by atoms with Crippen LogP contribution in [0, 0.1) is 5.41 Å². The molecular formula is C13H15Br2NO3. The number of anilines is 1. The van der Waals surface area contributed by atoms with E-state index in [1.54, 1.807) is 19.9 Å². The van der Waals surface area contributed by atoms with E-state index in [0.29, 0.717) is 5.69 Å². The minimum absolute atomic E-state index is 0.0398. The van der Waals surface area contributed by atoms with Crippen LogP contribution in [-0.4, -0.2) is 17.0 Å². The van der Waals surface area contributed by atoms with Gasteiger partial charge in [0, 0.05) is 15.4 Å². The lowest BCUT2D eigenvalue weighted by Gasteiger charge is -2.21. The number of carboxylic acids is 1. The van der Waals surface area contributed by atoms with Crippen LogP contribution in [0.25, 0.3) is 0 Å². The van der Waals surface area contributed by atoms with Crippen LogP contribution in [0.2, 0.25) is 0 Å². The third kappa shape index (κ3) is 5.74. The molecule has 1 aromatic carbocycles. The molecule has 0 fully saturated rings. The maximum Gasteiger partial charge on any atom is 0.303 e. The van der Waals surface area contributed by atoms with Crippen LogP contribution < -0.4 is 5.32 Å². The number of hydrogen-bond acceptors (Lipinski definition) is 2. The minimum atomic E-state index is -0.900. The van der Waals surface area contributed by atoms with Gasteiger partial charge in [0.05, 0.1) is 12.1 Å². The molecule has 2 N–H and O–H groups in total. The SMILES string of the molecule is CC(C)(CC(=O)O)CC(=O)Nc1ccc(Br)cc1Br. The molecule has 1 aromatic rings. The van der Waals surface area contributed by atoms with Crippen molar-refractivity contribution in [3.63, 3.8) is 0 Å². The van der Waals surface area contributed by atoms with Gasteiger partial charge in [-0.1, -0.05) is 29.8 Å². The normalized spacial score (nSPS) is 11.2. The zero-order chi connectivity index (χ0) is 14.6. The average Bonchev–Trinajstić information content (AvgIpc) is 2.19. The molecule has 0 aromatic heterocycles. The Hall–Kier alpha value is -0.880. The van der Waals surface area contributed by atoms with Crippen molar-refractivity contribution in [1.82, 2.24) is 0 Å². The van der Waals surface area contributed by atoms with Crippen molar-refractivity contribution < 1.29 is 14.7 Å². The second-order valence-corrected chi connectivity index (χ2v) is 6.85. The number of carbonyl (C=O) groups is 2. The summed E-state index contributed by atoms with van der Waals surface area (Å²) in [6.45, 7) is 3.52. The van der Waals surface area contributed by atoms with Crippen LogP contribution >= 0.6 is 31.9 Å². The predicted octanol–water partition coefficient (Wildman–Crippen LogP) is 4.04. The van der Waals surface area contributed by atoms with Gasteiger partial charge in [0.2, 0.25) is 5.91 Å². The largest absolute Gasteiger partial charge is 0.481 e.